The van der Waals surface area contributed by atoms with Crippen LogP contribution in [0.2, 0.25) is 0 Å². The normalized spacial score (nSPS) is 11.1. The van der Waals surface area contributed by atoms with Crippen LogP contribution in [-0.4, -0.2) is 29.8 Å². The lowest BCUT2D eigenvalue weighted by molar-refractivity contribution is -0.146. The number of carbonyl (C=O) groups excluding carboxylic acids is 2. The van der Waals surface area contributed by atoms with Gasteiger partial charge in [0, 0.05) is 18.8 Å². The van der Waals surface area contributed by atoms with E-state index < -0.39 is 5.41 Å². The van der Waals surface area contributed by atoms with Crippen molar-refractivity contribution in [2.24, 2.45) is 5.41 Å². The number of hydrogen-bond donors (Lipinski definition) is 1. The minimum Gasteiger partial charge on any atom is -0.342 e. The Labute approximate surface area is 121 Å². The number of hydrogen-bond acceptors (Lipinski definition) is 2. The lowest BCUT2D eigenvalue weighted by Crippen LogP contribution is -2.47. The van der Waals surface area contributed by atoms with E-state index in [0.29, 0.717) is 13.1 Å². The van der Waals surface area contributed by atoms with Crippen molar-refractivity contribution in [3.63, 3.8) is 0 Å². The fourth-order valence-corrected chi connectivity index (χ4v) is 1.99. The first-order chi connectivity index (χ1) is 9.34. The van der Waals surface area contributed by atoms with Crippen LogP contribution in [0.25, 0.3) is 0 Å². The highest BCUT2D eigenvalue weighted by Crippen LogP contribution is 2.23. The Hall–Kier alpha value is -1.84. The molecule has 0 aliphatic rings. The topological polar surface area (TPSA) is 49.4 Å². The summed E-state index contributed by atoms with van der Waals surface area (Å²) in [4.78, 5) is 26.5. The smallest absolute Gasteiger partial charge is 0.239 e. The van der Waals surface area contributed by atoms with Gasteiger partial charge in [-0.1, -0.05) is 18.2 Å². The average molecular weight is 276 g/mol. The fraction of sp³-hybridized carbons (Fsp3) is 0.500. The van der Waals surface area contributed by atoms with Crippen LogP contribution in [0.3, 0.4) is 0 Å². The Morgan fingerprint density at radius 2 is 1.70 bits per heavy atom. The van der Waals surface area contributed by atoms with Gasteiger partial charge in [0.1, 0.15) is 5.41 Å². The highest BCUT2D eigenvalue weighted by atomic mass is 16.2. The zero-order valence-corrected chi connectivity index (χ0v) is 13.0. The SMILES string of the molecule is CCN(CC)C(=O)C(C)(C)C(=O)Nc1ccccc1C. The quantitative estimate of drug-likeness (QED) is 0.841. The van der Waals surface area contributed by atoms with Crippen molar-refractivity contribution in [1.82, 2.24) is 4.90 Å². The summed E-state index contributed by atoms with van der Waals surface area (Å²) in [7, 11) is 0. The Balaban J connectivity index is 2.90. The lowest BCUT2D eigenvalue weighted by Gasteiger charge is -2.29. The molecule has 0 fully saturated rings. The molecule has 4 nitrogen and oxygen atoms in total. The standard InChI is InChI=1S/C16H24N2O2/c1-6-18(7-2)15(20)16(4,5)14(19)17-13-11-9-8-10-12(13)3/h8-11H,6-7H2,1-5H3,(H,17,19). The van der Waals surface area contributed by atoms with E-state index in [4.69, 9.17) is 0 Å². The Morgan fingerprint density at radius 1 is 1.15 bits per heavy atom. The lowest BCUT2D eigenvalue weighted by atomic mass is 9.90. The first-order valence-electron chi connectivity index (χ1n) is 7.01. The van der Waals surface area contributed by atoms with Gasteiger partial charge in [0.2, 0.25) is 11.8 Å². The fourth-order valence-electron chi connectivity index (χ4n) is 1.99. The van der Waals surface area contributed by atoms with Gasteiger partial charge in [-0.15, -0.1) is 0 Å². The van der Waals surface area contributed by atoms with Crippen LogP contribution < -0.4 is 5.32 Å². The van der Waals surface area contributed by atoms with Crippen LogP contribution in [0.5, 0.6) is 0 Å². The Kier molecular flexibility index (Phi) is 5.31. The molecular weight excluding hydrogens is 252 g/mol. The molecule has 1 N–H and O–H groups in total. The third kappa shape index (κ3) is 3.38. The van der Waals surface area contributed by atoms with Crippen molar-refractivity contribution < 1.29 is 9.59 Å². The minimum absolute atomic E-state index is 0.145. The number of para-hydroxylation sites is 1. The van der Waals surface area contributed by atoms with Gasteiger partial charge in [-0.3, -0.25) is 9.59 Å². The number of aryl methyl sites for hydroxylation is 1. The molecule has 0 aliphatic heterocycles. The van der Waals surface area contributed by atoms with Crippen molar-refractivity contribution in [2.75, 3.05) is 18.4 Å². The molecule has 4 heteroatoms. The summed E-state index contributed by atoms with van der Waals surface area (Å²) in [5.41, 5.74) is 0.652. The van der Waals surface area contributed by atoms with E-state index in [1.807, 2.05) is 45.0 Å². The van der Waals surface area contributed by atoms with Gasteiger partial charge >= 0.3 is 0 Å². The first-order valence-corrected chi connectivity index (χ1v) is 7.01. The highest BCUT2D eigenvalue weighted by molar-refractivity contribution is 6.10. The number of nitrogens with one attached hydrogen (secondary N) is 1. The maximum Gasteiger partial charge on any atom is 0.239 e. The van der Waals surface area contributed by atoms with E-state index in [-0.39, 0.29) is 11.8 Å². The maximum absolute atomic E-state index is 12.4. The second-order valence-electron chi connectivity index (χ2n) is 5.37. The molecule has 20 heavy (non-hydrogen) atoms. The van der Waals surface area contributed by atoms with Crippen LogP contribution in [0.1, 0.15) is 33.3 Å². The minimum atomic E-state index is -1.08. The summed E-state index contributed by atoms with van der Waals surface area (Å²) in [6.45, 7) is 10.3. The molecule has 0 aromatic heterocycles. The summed E-state index contributed by atoms with van der Waals surface area (Å²) >= 11 is 0. The molecule has 0 heterocycles. The number of benzene rings is 1. The zero-order valence-electron chi connectivity index (χ0n) is 13.0. The Bertz CT molecular complexity index is 491. The molecule has 1 rings (SSSR count). The molecule has 0 saturated heterocycles. The van der Waals surface area contributed by atoms with Crippen LogP contribution in [-0.2, 0) is 9.59 Å². The number of nitrogens with zero attached hydrogens (tertiary/aromatic N) is 1. The van der Waals surface area contributed by atoms with E-state index in [9.17, 15) is 9.59 Å². The third-order valence-electron chi connectivity index (χ3n) is 3.55. The van der Waals surface area contributed by atoms with Crippen molar-refractivity contribution in [3.8, 4) is 0 Å². The molecule has 0 atom stereocenters. The van der Waals surface area contributed by atoms with Gasteiger partial charge in [0.05, 0.1) is 0 Å². The third-order valence-corrected chi connectivity index (χ3v) is 3.55. The molecule has 0 spiro atoms. The molecule has 1 aromatic carbocycles. The van der Waals surface area contributed by atoms with Crippen molar-refractivity contribution >= 4 is 17.5 Å². The van der Waals surface area contributed by atoms with E-state index in [1.54, 1.807) is 18.7 Å². The van der Waals surface area contributed by atoms with Crippen LogP contribution >= 0.6 is 0 Å². The van der Waals surface area contributed by atoms with E-state index in [1.165, 1.54) is 0 Å². The zero-order chi connectivity index (χ0) is 15.3. The second-order valence-corrected chi connectivity index (χ2v) is 5.37. The summed E-state index contributed by atoms with van der Waals surface area (Å²) in [5, 5.41) is 2.85. The number of amides is 2. The van der Waals surface area contributed by atoms with E-state index in [0.717, 1.165) is 11.3 Å². The molecule has 0 radical (unpaired) electrons. The van der Waals surface area contributed by atoms with Gasteiger partial charge in [-0.05, 0) is 46.2 Å². The summed E-state index contributed by atoms with van der Waals surface area (Å²) in [6, 6.07) is 7.54. The molecule has 0 unspecified atom stereocenters. The van der Waals surface area contributed by atoms with Gasteiger partial charge < -0.3 is 10.2 Å². The van der Waals surface area contributed by atoms with Crippen molar-refractivity contribution in [1.29, 1.82) is 0 Å². The molecule has 0 aliphatic carbocycles. The monoisotopic (exact) mass is 276 g/mol. The van der Waals surface area contributed by atoms with Crippen LogP contribution in [0.15, 0.2) is 24.3 Å². The molecule has 1 aromatic rings. The molecule has 2 amide bonds. The van der Waals surface area contributed by atoms with Crippen LogP contribution in [0.4, 0.5) is 5.69 Å². The number of rotatable bonds is 5. The van der Waals surface area contributed by atoms with Gasteiger partial charge in [-0.2, -0.15) is 0 Å². The molecule has 0 bridgehead atoms. The average Bonchev–Trinajstić information content (AvgIpc) is 2.42. The van der Waals surface area contributed by atoms with Gasteiger partial charge in [0.25, 0.3) is 0 Å². The Morgan fingerprint density at radius 3 is 2.20 bits per heavy atom. The van der Waals surface area contributed by atoms with Crippen molar-refractivity contribution in [3.05, 3.63) is 29.8 Å². The van der Waals surface area contributed by atoms with Gasteiger partial charge in [-0.25, -0.2) is 0 Å². The van der Waals surface area contributed by atoms with E-state index >= 15 is 0 Å². The largest absolute Gasteiger partial charge is 0.342 e. The molecule has 110 valence electrons. The molecule has 0 saturated carbocycles. The summed E-state index contributed by atoms with van der Waals surface area (Å²) in [5.74, 6) is -0.419. The highest BCUT2D eigenvalue weighted by Gasteiger charge is 2.38. The maximum atomic E-state index is 12.4. The predicted molar refractivity (Wildman–Crippen MR) is 81.5 cm³/mol. The summed E-state index contributed by atoms with van der Waals surface area (Å²) in [6.07, 6.45) is 0. The van der Waals surface area contributed by atoms with Crippen molar-refractivity contribution in [2.45, 2.75) is 34.6 Å². The van der Waals surface area contributed by atoms with Crippen LogP contribution in [0, 0.1) is 12.3 Å². The van der Waals surface area contributed by atoms with E-state index in [2.05, 4.69) is 5.32 Å². The van der Waals surface area contributed by atoms with Gasteiger partial charge in [0.15, 0.2) is 0 Å². The number of anilines is 1. The summed E-state index contributed by atoms with van der Waals surface area (Å²) < 4.78 is 0. The second kappa shape index (κ2) is 6.55. The number of carbonyl (C=O) groups is 2. The first kappa shape index (κ1) is 16.2. The molecular formula is C16H24N2O2. The predicted octanol–water partition coefficient (Wildman–Crippen LogP) is 2.83.